The summed E-state index contributed by atoms with van der Waals surface area (Å²) in [5, 5.41) is 21.4. The topological polar surface area (TPSA) is 110 Å². The smallest absolute Gasteiger partial charge is 0.332 e. The molecule has 4 aromatic rings. The molecule has 0 amide bonds. The fourth-order valence-electron chi connectivity index (χ4n) is 4.31. The van der Waals surface area contributed by atoms with Crippen molar-refractivity contribution in [3.63, 3.8) is 0 Å². The lowest BCUT2D eigenvalue weighted by atomic mass is 9.97. The first-order valence-electron chi connectivity index (χ1n) is 10.9. The summed E-state index contributed by atoms with van der Waals surface area (Å²) in [6.07, 6.45) is 4.13. The molecule has 8 nitrogen and oxygen atoms in total. The molecule has 35 heavy (non-hydrogen) atoms. The molecular formula is C25H23ClFN5O3. The molecule has 4 N–H and O–H groups in total. The van der Waals surface area contributed by atoms with Gasteiger partial charge in [0.1, 0.15) is 17.4 Å². The molecule has 5 rings (SSSR count). The Hall–Kier alpha value is -3.66. The largest absolute Gasteiger partial charge is 0.507 e. The number of aliphatic hydroxyl groups is 1. The summed E-state index contributed by atoms with van der Waals surface area (Å²) in [6, 6.07) is 10.4. The molecule has 0 bridgehead atoms. The van der Waals surface area contributed by atoms with E-state index < -0.39 is 11.9 Å². The number of benzene rings is 2. The molecule has 2 aromatic heterocycles. The average molecular weight is 496 g/mol. The number of aromatic nitrogens is 3. The number of imidazole rings is 1. The van der Waals surface area contributed by atoms with Crippen molar-refractivity contribution >= 4 is 17.4 Å². The van der Waals surface area contributed by atoms with Crippen LogP contribution < -0.4 is 16.3 Å². The summed E-state index contributed by atoms with van der Waals surface area (Å²) >= 11 is 6.47. The lowest BCUT2D eigenvalue weighted by Gasteiger charge is -2.18. The SMILES string of the molecule is Cn1ccn(-c2ccc(-c3cc(F)cc(-c4ccnc(N5C[C@@H](N)[C@H](O)C5)c4)c3O)cc2Cl)c1=O. The van der Waals surface area contributed by atoms with Gasteiger partial charge in [0.15, 0.2) is 0 Å². The molecule has 0 radical (unpaired) electrons. The number of aromatic hydroxyl groups is 1. The Balaban J connectivity index is 1.54. The van der Waals surface area contributed by atoms with E-state index in [-0.39, 0.29) is 33.6 Å². The minimum atomic E-state index is -0.658. The molecule has 0 spiro atoms. The number of aryl methyl sites for hydroxylation is 1. The fourth-order valence-corrected chi connectivity index (χ4v) is 4.59. The van der Waals surface area contributed by atoms with Crippen molar-refractivity contribution in [1.29, 1.82) is 0 Å². The van der Waals surface area contributed by atoms with Gasteiger partial charge in [-0.15, -0.1) is 0 Å². The van der Waals surface area contributed by atoms with Gasteiger partial charge in [0.05, 0.1) is 16.8 Å². The molecule has 1 saturated heterocycles. The Kier molecular flexibility index (Phi) is 5.84. The van der Waals surface area contributed by atoms with Gasteiger partial charge in [0, 0.05) is 55.9 Å². The van der Waals surface area contributed by atoms with Crippen LogP contribution in [0, 0.1) is 5.82 Å². The summed E-state index contributed by atoms with van der Waals surface area (Å²) in [5.41, 5.74) is 7.72. The fraction of sp³-hybridized carbons (Fsp3) is 0.200. The Labute approximate surface area is 205 Å². The number of anilines is 1. The summed E-state index contributed by atoms with van der Waals surface area (Å²) in [4.78, 5) is 18.5. The number of pyridine rings is 1. The second-order valence-electron chi connectivity index (χ2n) is 8.62. The van der Waals surface area contributed by atoms with Crippen molar-refractivity contribution in [1.82, 2.24) is 14.1 Å². The van der Waals surface area contributed by atoms with Crippen molar-refractivity contribution < 1.29 is 14.6 Å². The van der Waals surface area contributed by atoms with Crippen LogP contribution in [0.4, 0.5) is 10.2 Å². The molecule has 0 unspecified atom stereocenters. The van der Waals surface area contributed by atoms with E-state index in [4.69, 9.17) is 17.3 Å². The van der Waals surface area contributed by atoms with Gasteiger partial charge in [-0.05, 0) is 47.5 Å². The van der Waals surface area contributed by atoms with Gasteiger partial charge >= 0.3 is 5.69 Å². The Morgan fingerprint density at radius 1 is 1.09 bits per heavy atom. The van der Waals surface area contributed by atoms with Crippen LogP contribution in [0.2, 0.25) is 5.02 Å². The molecular weight excluding hydrogens is 473 g/mol. The summed E-state index contributed by atoms with van der Waals surface area (Å²) in [5.74, 6) is -0.0907. The van der Waals surface area contributed by atoms with E-state index in [0.717, 1.165) is 0 Å². The minimum absolute atomic E-state index is 0.123. The number of halogens is 2. The van der Waals surface area contributed by atoms with Crippen LogP contribution in [0.5, 0.6) is 5.75 Å². The van der Waals surface area contributed by atoms with E-state index in [1.807, 2.05) is 4.90 Å². The molecule has 180 valence electrons. The van der Waals surface area contributed by atoms with Crippen LogP contribution in [0.1, 0.15) is 0 Å². The number of nitrogens with two attached hydrogens (primary N) is 1. The van der Waals surface area contributed by atoms with Crippen molar-refractivity contribution in [3.05, 3.63) is 82.4 Å². The number of hydrogen-bond donors (Lipinski definition) is 3. The first kappa shape index (κ1) is 23.1. The highest BCUT2D eigenvalue weighted by atomic mass is 35.5. The van der Waals surface area contributed by atoms with Crippen LogP contribution in [0.15, 0.2) is 65.8 Å². The number of rotatable bonds is 4. The van der Waals surface area contributed by atoms with Gasteiger partial charge in [-0.3, -0.25) is 4.57 Å². The highest BCUT2D eigenvalue weighted by molar-refractivity contribution is 6.32. The number of β-amino-alcohol motifs (C(OH)–C–C–N with tert-alkyl or cyclic N) is 1. The normalized spacial score (nSPS) is 17.8. The van der Waals surface area contributed by atoms with Crippen molar-refractivity contribution in [2.24, 2.45) is 12.8 Å². The standard InChI is InChI=1S/C25H23ClFN5O3/c1-30-6-7-32(25(30)35)21-3-2-14(8-19(21)26)17-10-16(27)11-18(24(17)34)15-4-5-29-23(9-15)31-12-20(28)22(33)13-31/h2-11,20,22,33-34H,12-13,28H2,1H3/t20-,22-/m1/s1. The molecule has 3 heterocycles. The number of hydrogen-bond acceptors (Lipinski definition) is 6. The van der Waals surface area contributed by atoms with E-state index >= 15 is 0 Å². The summed E-state index contributed by atoms with van der Waals surface area (Å²) in [7, 11) is 1.64. The molecule has 2 aromatic carbocycles. The predicted molar refractivity (Wildman–Crippen MR) is 133 cm³/mol. The third-order valence-corrected chi connectivity index (χ3v) is 6.56. The van der Waals surface area contributed by atoms with Gasteiger partial charge in [0.25, 0.3) is 0 Å². The van der Waals surface area contributed by atoms with Gasteiger partial charge < -0.3 is 25.4 Å². The Morgan fingerprint density at radius 3 is 2.40 bits per heavy atom. The second-order valence-corrected chi connectivity index (χ2v) is 9.02. The number of phenolic OH excluding ortho intramolecular Hbond substituents is 1. The van der Waals surface area contributed by atoms with E-state index in [2.05, 4.69) is 4.98 Å². The maximum Gasteiger partial charge on any atom is 0.332 e. The lowest BCUT2D eigenvalue weighted by molar-refractivity contribution is 0.180. The molecule has 2 atom stereocenters. The monoisotopic (exact) mass is 495 g/mol. The minimum Gasteiger partial charge on any atom is -0.507 e. The Morgan fingerprint density at radius 2 is 1.80 bits per heavy atom. The van der Waals surface area contributed by atoms with Crippen LogP contribution in [-0.4, -0.2) is 49.6 Å². The molecule has 1 fully saturated rings. The zero-order chi connectivity index (χ0) is 24.9. The number of nitrogens with zero attached hydrogens (tertiary/aromatic N) is 4. The highest BCUT2D eigenvalue weighted by Crippen LogP contribution is 2.41. The van der Waals surface area contributed by atoms with E-state index in [9.17, 15) is 19.4 Å². The zero-order valence-electron chi connectivity index (χ0n) is 18.8. The van der Waals surface area contributed by atoms with E-state index in [0.29, 0.717) is 35.7 Å². The third kappa shape index (κ3) is 4.18. The Bertz CT molecular complexity index is 1470. The molecule has 0 aliphatic carbocycles. The predicted octanol–water partition coefficient (Wildman–Crippen LogP) is 2.91. The van der Waals surface area contributed by atoms with Crippen LogP contribution in [0.3, 0.4) is 0 Å². The average Bonchev–Trinajstić information content (AvgIpc) is 3.35. The first-order chi connectivity index (χ1) is 16.7. The highest BCUT2D eigenvalue weighted by Gasteiger charge is 2.29. The molecule has 1 aliphatic rings. The lowest BCUT2D eigenvalue weighted by Crippen LogP contribution is -2.32. The van der Waals surface area contributed by atoms with Gasteiger partial charge in [-0.2, -0.15) is 0 Å². The molecule has 0 saturated carbocycles. The summed E-state index contributed by atoms with van der Waals surface area (Å²) in [6.45, 7) is 0.778. The van der Waals surface area contributed by atoms with Crippen LogP contribution >= 0.6 is 11.6 Å². The van der Waals surface area contributed by atoms with E-state index in [1.165, 1.54) is 21.3 Å². The van der Waals surface area contributed by atoms with Crippen molar-refractivity contribution in [2.75, 3.05) is 18.0 Å². The van der Waals surface area contributed by atoms with Crippen LogP contribution in [-0.2, 0) is 7.05 Å². The quantitative estimate of drug-likeness (QED) is 0.401. The first-order valence-corrected chi connectivity index (χ1v) is 11.3. The number of phenols is 1. The van der Waals surface area contributed by atoms with Gasteiger partial charge in [0.2, 0.25) is 0 Å². The maximum absolute atomic E-state index is 14.7. The number of aliphatic hydroxyl groups excluding tert-OH is 1. The van der Waals surface area contributed by atoms with Crippen molar-refractivity contribution in [2.45, 2.75) is 12.1 Å². The molecule has 10 heteroatoms. The van der Waals surface area contributed by atoms with Gasteiger partial charge in [-0.1, -0.05) is 17.7 Å². The second kappa shape index (κ2) is 8.84. The summed E-state index contributed by atoms with van der Waals surface area (Å²) < 4.78 is 17.5. The maximum atomic E-state index is 14.7. The third-order valence-electron chi connectivity index (χ3n) is 6.25. The van der Waals surface area contributed by atoms with Crippen LogP contribution in [0.25, 0.3) is 27.9 Å². The van der Waals surface area contributed by atoms with E-state index in [1.54, 1.807) is 56.0 Å². The zero-order valence-corrected chi connectivity index (χ0v) is 19.5. The molecule has 1 aliphatic heterocycles. The van der Waals surface area contributed by atoms with Gasteiger partial charge in [-0.25, -0.2) is 14.2 Å². The van der Waals surface area contributed by atoms with Crippen molar-refractivity contribution in [3.8, 4) is 33.7 Å².